The summed E-state index contributed by atoms with van der Waals surface area (Å²) in [6.07, 6.45) is 0. The van der Waals surface area contributed by atoms with E-state index < -0.39 is 0 Å². The highest BCUT2D eigenvalue weighted by Crippen LogP contribution is 2.23. The first kappa shape index (κ1) is 14.2. The van der Waals surface area contributed by atoms with E-state index in [0.29, 0.717) is 22.1 Å². The summed E-state index contributed by atoms with van der Waals surface area (Å²) in [5.41, 5.74) is 2.20. The fourth-order valence-corrected chi connectivity index (χ4v) is 1.88. The second-order valence-corrected chi connectivity index (χ2v) is 4.65. The molecule has 0 aliphatic carbocycles. The second-order valence-electron chi connectivity index (χ2n) is 4.24. The third kappa shape index (κ3) is 3.42. The number of carbonyl (C=O) groups is 1. The summed E-state index contributed by atoms with van der Waals surface area (Å²) in [6.45, 7) is 1.91. The van der Waals surface area contributed by atoms with Crippen molar-refractivity contribution in [2.45, 2.75) is 6.92 Å². The number of methoxy groups -OCH3 is 1. The van der Waals surface area contributed by atoms with Crippen LogP contribution in [0.15, 0.2) is 42.5 Å². The van der Waals surface area contributed by atoms with Gasteiger partial charge in [-0.05, 0) is 30.7 Å². The molecule has 2 N–H and O–H groups in total. The highest BCUT2D eigenvalue weighted by atomic mass is 35.5. The summed E-state index contributed by atoms with van der Waals surface area (Å²) in [5.74, 6) is 0.684. The molecule has 5 heteroatoms. The highest BCUT2D eigenvalue weighted by molar-refractivity contribution is 6.33. The van der Waals surface area contributed by atoms with Crippen LogP contribution >= 0.6 is 11.6 Å². The molecule has 0 unspecified atom stereocenters. The van der Waals surface area contributed by atoms with Crippen molar-refractivity contribution in [2.75, 3.05) is 17.7 Å². The van der Waals surface area contributed by atoms with Crippen LogP contribution in [0, 0.1) is 6.92 Å². The lowest BCUT2D eigenvalue weighted by Crippen LogP contribution is -2.20. The largest absolute Gasteiger partial charge is 0.497 e. The van der Waals surface area contributed by atoms with E-state index >= 15 is 0 Å². The lowest BCUT2D eigenvalue weighted by molar-refractivity contribution is 0.262. The summed E-state index contributed by atoms with van der Waals surface area (Å²) in [4.78, 5) is 12.0. The van der Waals surface area contributed by atoms with Gasteiger partial charge in [0.05, 0.1) is 17.8 Å². The molecule has 0 fully saturated rings. The molecule has 0 aromatic heterocycles. The van der Waals surface area contributed by atoms with Crippen LogP contribution in [-0.2, 0) is 0 Å². The van der Waals surface area contributed by atoms with E-state index in [4.69, 9.17) is 16.3 Å². The molecule has 2 rings (SSSR count). The van der Waals surface area contributed by atoms with Gasteiger partial charge in [-0.3, -0.25) is 0 Å². The lowest BCUT2D eigenvalue weighted by Gasteiger charge is -2.12. The van der Waals surface area contributed by atoms with Crippen molar-refractivity contribution in [3.63, 3.8) is 0 Å². The molecule has 2 aromatic rings. The Morgan fingerprint density at radius 1 is 1.10 bits per heavy atom. The van der Waals surface area contributed by atoms with Crippen LogP contribution < -0.4 is 15.4 Å². The third-order valence-corrected chi connectivity index (χ3v) is 3.14. The quantitative estimate of drug-likeness (QED) is 0.885. The molecule has 2 amide bonds. The average Bonchev–Trinajstić information content (AvgIpc) is 2.44. The molecule has 0 saturated heterocycles. The van der Waals surface area contributed by atoms with Crippen LogP contribution in [0.3, 0.4) is 0 Å². The minimum atomic E-state index is -0.352. The van der Waals surface area contributed by atoms with Gasteiger partial charge in [-0.1, -0.05) is 29.8 Å². The smallest absolute Gasteiger partial charge is 0.323 e. The van der Waals surface area contributed by atoms with Gasteiger partial charge in [-0.25, -0.2) is 4.79 Å². The van der Waals surface area contributed by atoms with Crippen molar-refractivity contribution >= 4 is 29.0 Å². The first-order chi connectivity index (χ1) is 9.60. The zero-order chi connectivity index (χ0) is 14.5. The average molecular weight is 291 g/mol. The minimum absolute atomic E-state index is 0.352. The van der Waals surface area contributed by atoms with Crippen LogP contribution in [0.25, 0.3) is 0 Å². The molecule has 104 valence electrons. The van der Waals surface area contributed by atoms with Crippen molar-refractivity contribution in [3.05, 3.63) is 53.1 Å². The van der Waals surface area contributed by atoms with Crippen LogP contribution in [0.1, 0.15) is 5.56 Å². The Labute approximate surface area is 122 Å². The molecule has 0 bridgehead atoms. The van der Waals surface area contributed by atoms with E-state index in [1.807, 2.05) is 19.1 Å². The molecule has 0 heterocycles. The Balaban J connectivity index is 2.10. The van der Waals surface area contributed by atoms with Crippen LogP contribution in [0.2, 0.25) is 5.02 Å². The molecular weight excluding hydrogens is 276 g/mol. The molecular formula is C15H15ClN2O2. The molecule has 2 aromatic carbocycles. The number of nitrogens with one attached hydrogen (secondary N) is 2. The van der Waals surface area contributed by atoms with Crippen LogP contribution in [-0.4, -0.2) is 13.1 Å². The monoisotopic (exact) mass is 290 g/mol. The Bertz CT molecular complexity index is 629. The fraction of sp³-hybridized carbons (Fsp3) is 0.133. The van der Waals surface area contributed by atoms with Gasteiger partial charge in [0.2, 0.25) is 0 Å². The maximum atomic E-state index is 12.0. The maximum absolute atomic E-state index is 12.0. The number of anilines is 2. The van der Waals surface area contributed by atoms with Crippen molar-refractivity contribution in [1.82, 2.24) is 0 Å². The molecule has 0 atom stereocenters. The van der Waals surface area contributed by atoms with E-state index in [9.17, 15) is 4.79 Å². The lowest BCUT2D eigenvalue weighted by atomic mass is 10.2. The first-order valence-electron chi connectivity index (χ1n) is 6.07. The van der Waals surface area contributed by atoms with Crippen molar-refractivity contribution in [2.24, 2.45) is 0 Å². The Morgan fingerprint density at radius 2 is 1.80 bits per heavy atom. The fourth-order valence-electron chi connectivity index (χ4n) is 1.70. The number of carbonyl (C=O) groups excluding carboxylic acids is 1. The van der Waals surface area contributed by atoms with Gasteiger partial charge in [-0.15, -0.1) is 0 Å². The molecule has 0 radical (unpaired) electrons. The predicted molar refractivity (Wildman–Crippen MR) is 81.8 cm³/mol. The normalized spacial score (nSPS) is 9.95. The number of urea groups is 1. The molecule has 0 aliphatic heterocycles. The van der Waals surface area contributed by atoms with Crippen LogP contribution in [0.5, 0.6) is 5.75 Å². The van der Waals surface area contributed by atoms with Gasteiger partial charge >= 0.3 is 6.03 Å². The van der Waals surface area contributed by atoms with Gasteiger partial charge in [-0.2, -0.15) is 0 Å². The number of halogens is 1. The summed E-state index contributed by atoms with van der Waals surface area (Å²) in [6, 6.07) is 12.2. The number of hydrogen-bond acceptors (Lipinski definition) is 2. The minimum Gasteiger partial charge on any atom is -0.497 e. The second kappa shape index (κ2) is 6.30. The Kier molecular flexibility index (Phi) is 4.48. The molecule has 4 nitrogen and oxygen atoms in total. The van der Waals surface area contributed by atoms with Crippen molar-refractivity contribution < 1.29 is 9.53 Å². The van der Waals surface area contributed by atoms with E-state index in [0.717, 1.165) is 5.56 Å². The standard InChI is InChI=1S/C15H15ClN2O2/c1-10-7-8-11(20-2)9-14(10)18-15(19)17-13-6-4-3-5-12(13)16/h3-9H,1-2H3,(H2,17,18,19). The molecule has 0 aliphatic rings. The van der Waals surface area contributed by atoms with Gasteiger partial charge in [0.15, 0.2) is 0 Å². The molecule has 0 spiro atoms. The SMILES string of the molecule is COc1ccc(C)c(NC(=O)Nc2ccccc2Cl)c1. The van der Waals surface area contributed by atoms with E-state index in [1.165, 1.54) is 0 Å². The summed E-state index contributed by atoms with van der Waals surface area (Å²) in [7, 11) is 1.58. The summed E-state index contributed by atoms with van der Waals surface area (Å²) >= 11 is 5.99. The number of hydrogen-bond donors (Lipinski definition) is 2. The zero-order valence-electron chi connectivity index (χ0n) is 11.2. The number of benzene rings is 2. The Hall–Kier alpha value is -2.20. The van der Waals surface area contributed by atoms with Crippen molar-refractivity contribution in [3.8, 4) is 5.75 Å². The van der Waals surface area contributed by atoms with Gasteiger partial charge < -0.3 is 15.4 Å². The third-order valence-electron chi connectivity index (χ3n) is 2.81. The van der Waals surface area contributed by atoms with Gasteiger partial charge in [0.25, 0.3) is 0 Å². The molecule has 20 heavy (non-hydrogen) atoms. The zero-order valence-corrected chi connectivity index (χ0v) is 12.0. The van der Waals surface area contributed by atoms with Gasteiger partial charge in [0, 0.05) is 11.8 Å². The number of rotatable bonds is 3. The van der Waals surface area contributed by atoms with E-state index in [-0.39, 0.29) is 6.03 Å². The van der Waals surface area contributed by atoms with Crippen molar-refractivity contribution in [1.29, 1.82) is 0 Å². The summed E-state index contributed by atoms with van der Waals surface area (Å²) in [5, 5.41) is 5.96. The number of aryl methyl sites for hydroxylation is 1. The predicted octanol–water partition coefficient (Wildman–Crippen LogP) is 4.30. The topological polar surface area (TPSA) is 50.4 Å². The number of ether oxygens (including phenoxy) is 1. The Morgan fingerprint density at radius 3 is 2.50 bits per heavy atom. The summed E-state index contributed by atoms with van der Waals surface area (Å²) < 4.78 is 5.14. The number of amides is 2. The molecule has 0 saturated carbocycles. The van der Waals surface area contributed by atoms with Gasteiger partial charge in [0.1, 0.15) is 5.75 Å². The number of para-hydroxylation sites is 1. The van der Waals surface area contributed by atoms with E-state index in [1.54, 1.807) is 37.4 Å². The van der Waals surface area contributed by atoms with Crippen LogP contribution in [0.4, 0.5) is 16.2 Å². The highest BCUT2D eigenvalue weighted by Gasteiger charge is 2.07. The first-order valence-corrected chi connectivity index (χ1v) is 6.45. The maximum Gasteiger partial charge on any atom is 0.323 e. The van der Waals surface area contributed by atoms with E-state index in [2.05, 4.69) is 10.6 Å².